The molecule has 0 radical (unpaired) electrons. The van der Waals surface area contributed by atoms with Gasteiger partial charge in [-0.3, -0.25) is 0 Å². The van der Waals surface area contributed by atoms with Gasteiger partial charge in [-0.15, -0.1) is 0 Å². The summed E-state index contributed by atoms with van der Waals surface area (Å²) in [6.45, 7) is 8.89. The van der Waals surface area contributed by atoms with Crippen LogP contribution >= 0.6 is 12.6 Å². The lowest BCUT2D eigenvalue weighted by Gasteiger charge is -2.13. The van der Waals surface area contributed by atoms with Crippen molar-refractivity contribution in [3.63, 3.8) is 0 Å². The Morgan fingerprint density at radius 2 is 2.07 bits per heavy atom. The molecule has 84 valence electrons. The van der Waals surface area contributed by atoms with E-state index in [-0.39, 0.29) is 0 Å². The van der Waals surface area contributed by atoms with Crippen LogP contribution in [0.25, 0.3) is 0 Å². The van der Waals surface area contributed by atoms with Crippen LogP contribution in [0.2, 0.25) is 0 Å². The van der Waals surface area contributed by atoms with Gasteiger partial charge in [-0.25, -0.2) is 0 Å². The van der Waals surface area contributed by atoms with Crippen molar-refractivity contribution >= 4 is 12.6 Å². The summed E-state index contributed by atoms with van der Waals surface area (Å²) >= 11 is 4.14. The standard InChI is InChI=1S/C12H24OS/c1-4-5-6-7-8-12(3)13-9-11(2)10-14/h12,14H,2,4-10H2,1,3H3. The Labute approximate surface area is 94.3 Å². The third-order valence-corrected chi connectivity index (χ3v) is 2.71. The molecule has 0 amide bonds. The van der Waals surface area contributed by atoms with Gasteiger partial charge in [0.05, 0.1) is 12.7 Å². The van der Waals surface area contributed by atoms with Gasteiger partial charge in [0.15, 0.2) is 0 Å². The summed E-state index contributed by atoms with van der Waals surface area (Å²) in [5.41, 5.74) is 1.06. The normalized spacial score (nSPS) is 12.8. The van der Waals surface area contributed by atoms with Crippen molar-refractivity contribution in [1.29, 1.82) is 0 Å². The highest BCUT2D eigenvalue weighted by molar-refractivity contribution is 7.80. The molecule has 0 saturated heterocycles. The van der Waals surface area contributed by atoms with Crippen LogP contribution in [0, 0.1) is 0 Å². The molecule has 0 aliphatic rings. The summed E-state index contributed by atoms with van der Waals surface area (Å²) in [7, 11) is 0. The topological polar surface area (TPSA) is 9.23 Å². The average Bonchev–Trinajstić information content (AvgIpc) is 2.21. The van der Waals surface area contributed by atoms with Crippen LogP contribution in [0.3, 0.4) is 0 Å². The van der Waals surface area contributed by atoms with Crippen molar-refractivity contribution < 1.29 is 4.74 Å². The minimum Gasteiger partial charge on any atom is -0.374 e. The van der Waals surface area contributed by atoms with E-state index in [4.69, 9.17) is 4.74 Å². The van der Waals surface area contributed by atoms with Crippen molar-refractivity contribution in [1.82, 2.24) is 0 Å². The first kappa shape index (κ1) is 14.1. The highest BCUT2D eigenvalue weighted by Crippen LogP contribution is 2.08. The van der Waals surface area contributed by atoms with Crippen LogP contribution in [0.4, 0.5) is 0 Å². The van der Waals surface area contributed by atoms with E-state index in [0.717, 1.165) is 11.3 Å². The van der Waals surface area contributed by atoms with E-state index >= 15 is 0 Å². The molecule has 0 spiro atoms. The largest absolute Gasteiger partial charge is 0.374 e. The molecule has 14 heavy (non-hydrogen) atoms. The molecule has 0 aromatic heterocycles. The Kier molecular flexibility index (Phi) is 9.63. The summed E-state index contributed by atoms with van der Waals surface area (Å²) in [5.74, 6) is 0.725. The zero-order valence-corrected chi connectivity index (χ0v) is 10.5. The van der Waals surface area contributed by atoms with Crippen LogP contribution in [0.15, 0.2) is 12.2 Å². The van der Waals surface area contributed by atoms with E-state index in [9.17, 15) is 0 Å². The smallest absolute Gasteiger partial charge is 0.0685 e. The molecule has 0 aliphatic carbocycles. The summed E-state index contributed by atoms with van der Waals surface area (Å²) in [5, 5.41) is 0. The molecular weight excluding hydrogens is 192 g/mol. The van der Waals surface area contributed by atoms with Crippen molar-refractivity contribution in [2.45, 2.75) is 52.1 Å². The maximum atomic E-state index is 5.63. The quantitative estimate of drug-likeness (QED) is 0.350. The predicted octanol–water partition coefficient (Wildman–Crippen LogP) is 3.85. The highest BCUT2D eigenvalue weighted by atomic mass is 32.1. The lowest BCUT2D eigenvalue weighted by molar-refractivity contribution is 0.0756. The minimum absolute atomic E-state index is 0.364. The Morgan fingerprint density at radius 3 is 2.64 bits per heavy atom. The number of ether oxygens (including phenoxy) is 1. The van der Waals surface area contributed by atoms with Crippen LogP contribution in [-0.2, 0) is 4.74 Å². The third kappa shape index (κ3) is 8.64. The Bertz CT molecular complexity index is 145. The van der Waals surface area contributed by atoms with Crippen LogP contribution < -0.4 is 0 Å². The SMILES string of the molecule is C=C(CS)COC(C)CCCCCC. The Balaban J connectivity index is 3.27. The fourth-order valence-electron chi connectivity index (χ4n) is 1.25. The van der Waals surface area contributed by atoms with E-state index in [1.54, 1.807) is 0 Å². The summed E-state index contributed by atoms with van der Waals surface area (Å²) in [6.07, 6.45) is 6.78. The van der Waals surface area contributed by atoms with Crippen molar-refractivity contribution in [2.75, 3.05) is 12.4 Å². The fourth-order valence-corrected chi connectivity index (χ4v) is 1.34. The molecule has 1 unspecified atom stereocenters. The van der Waals surface area contributed by atoms with Crippen molar-refractivity contribution in [2.24, 2.45) is 0 Å². The van der Waals surface area contributed by atoms with Gasteiger partial charge < -0.3 is 4.74 Å². The summed E-state index contributed by atoms with van der Waals surface area (Å²) in [6, 6.07) is 0. The van der Waals surface area contributed by atoms with E-state index < -0.39 is 0 Å². The number of hydrogen-bond donors (Lipinski definition) is 1. The molecule has 0 bridgehead atoms. The van der Waals surface area contributed by atoms with Crippen LogP contribution in [-0.4, -0.2) is 18.5 Å². The Hall–Kier alpha value is 0.0500. The average molecular weight is 216 g/mol. The fraction of sp³-hybridized carbons (Fsp3) is 0.833. The number of hydrogen-bond acceptors (Lipinski definition) is 2. The first-order valence-corrected chi connectivity index (χ1v) is 6.23. The van der Waals surface area contributed by atoms with Crippen LogP contribution in [0.1, 0.15) is 46.0 Å². The number of rotatable bonds is 9. The highest BCUT2D eigenvalue weighted by Gasteiger charge is 2.02. The van der Waals surface area contributed by atoms with Gasteiger partial charge >= 0.3 is 0 Å². The maximum Gasteiger partial charge on any atom is 0.0685 e. The lowest BCUT2D eigenvalue weighted by Crippen LogP contribution is -2.10. The molecule has 0 saturated carbocycles. The summed E-state index contributed by atoms with van der Waals surface area (Å²) < 4.78 is 5.63. The van der Waals surface area contributed by atoms with Gasteiger partial charge in [0.25, 0.3) is 0 Å². The van der Waals surface area contributed by atoms with Gasteiger partial charge in [0.1, 0.15) is 0 Å². The first-order chi connectivity index (χ1) is 6.70. The second-order valence-corrected chi connectivity index (χ2v) is 4.20. The second kappa shape index (κ2) is 9.60. The lowest BCUT2D eigenvalue weighted by atomic mass is 10.1. The zero-order chi connectivity index (χ0) is 10.8. The first-order valence-electron chi connectivity index (χ1n) is 5.59. The van der Waals surface area contributed by atoms with E-state index in [0.29, 0.717) is 12.7 Å². The molecule has 0 heterocycles. The monoisotopic (exact) mass is 216 g/mol. The molecule has 0 fully saturated rings. The van der Waals surface area contributed by atoms with Gasteiger partial charge in [-0.1, -0.05) is 39.2 Å². The molecule has 1 nitrogen and oxygen atoms in total. The van der Waals surface area contributed by atoms with E-state index in [1.807, 2.05) is 0 Å². The minimum atomic E-state index is 0.364. The van der Waals surface area contributed by atoms with Gasteiger partial charge in [-0.05, 0) is 18.9 Å². The third-order valence-electron chi connectivity index (χ3n) is 2.26. The molecule has 0 aliphatic heterocycles. The van der Waals surface area contributed by atoms with Gasteiger partial charge in [0, 0.05) is 5.75 Å². The molecule has 0 N–H and O–H groups in total. The molecular formula is C12H24OS. The molecule has 2 heteroatoms. The Morgan fingerprint density at radius 1 is 1.36 bits per heavy atom. The number of unbranched alkanes of at least 4 members (excludes halogenated alkanes) is 3. The maximum absolute atomic E-state index is 5.63. The van der Waals surface area contributed by atoms with Crippen LogP contribution in [0.5, 0.6) is 0 Å². The molecule has 0 aromatic rings. The number of thiol groups is 1. The second-order valence-electron chi connectivity index (χ2n) is 3.88. The van der Waals surface area contributed by atoms with Gasteiger partial charge in [-0.2, -0.15) is 12.6 Å². The van der Waals surface area contributed by atoms with E-state index in [1.165, 1.54) is 32.1 Å². The van der Waals surface area contributed by atoms with Gasteiger partial charge in [0.2, 0.25) is 0 Å². The predicted molar refractivity (Wildman–Crippen MR) is 67.2 cm³/mol. The molecule has 0 aromatic carbocycles. The molecule has 1 atom stereocenters. The molecule has 0 rings (SSSR count). The summed E-state index contributed by atoms with van der Waals surface area (Å²) in [4.78, 5) is 0. The van der Waals surface area contributed by atoms with Crippen molar-refractivity contribution in [3.05, 3.63) is 12.2 Å². The zero-order valence-electron chi connectivity index (χ0n) is 9.59. The van der Waals surface area contributed by atoms with E-state index in [2.05, 4.69) is 33.1 Å². The van der Waals surface area contributed by atoms with Crippen molar-refractivity contribution in [3.8, 4) is 0 Å².